The molecule has 2 aromatic carbocycles. The van der Waals surface area contributed by atoms with Crippen LogP contribution in [0.15, 0.2) is 54.6 Å². The normalized spacial score (nSPS) is 15.0. The molecule has 4 rings (SSSR count). The molecular weight excluding hydrogens is 386 g/mol. The van der Waals surface area contributed by atoms with E-state index in [0.717, 1.165) is 54.0 Å². The van der Waals surface area contributed by atoms with E-state index in [1.165, 1.54) is 22.6 Å². The van der Waals surface area contributed by atoms with Crippen molar-refractivity contribution in [1.29, 1.82) is 0 Å². The van der Waals surface area contributed by atoms with Crippen molar-refractivity contribution in [3.63, 3.8) is 0 Å². The quantitative estimate of drug-likeness (QED) is 0.592. The molecule has 1 aliphatic heterocycles. The summed E-state index contributed by atoms with van der Waals surface area (Å²) in [6, 6.07) is 19.1. The lowest BCUT2D eigenvalue weighted by molar-refractivity contribution is 0.195. The molecule has 0 spiro atoms. The Labute approximate surface area is 175 Å². The number of rotatable bonds is 6. The van der Waals surface area contributed by atoms with Crippen molar-refractivity contribution in [2.24, 2.45) is 0 Å². The highest BCUT2D eigenvalue weighted by Crippen LogP contribution is 2.22. The van der Waals surface area contributed by atoms with Crippen molar-refractivity contribution in [3.05, 3.63) is 64.1 Å². The monoisotopic (exact) mass is 411 g/mol. The molecule has 1 saturated heterocycles. The van der Waals surface area contributed by atoms with Crippen molar-refractivity contribution in [2.75, 3.05) is 36.4 Å². The van der Waals surface area contributed by atoms with E-state index < -0.39 is 0 Å². The molecule has 146 valence electrons. The van der Waals surface area contributed by atoms with Gasteiger partial charge < -0.3 is 10.2 Å². The Kier molecular flexibility index (Phi) is 6.04. The molecule has 7 heteroatoms. The highest BCUT2D eigenvalue weighted by molar-refractivity contribution is 7.73. The van der Waals surface area contributed by atoms with Gasteiger partial charge in [0.2, 0.25) is 5.13 Å². The first-order valence-corrected chi connectivity index (χ1v) is 10.9. The molecule has 1 aromatic heterocycles. The third-order valence-corrected chi connectivity index (χ3v) is 6.27. The van der Waals surface area contributed by atoms with Crippen LogP contribution in [0.25, 0.3) is 0 Å². The van der Waals surface area contributed by atoms with Crippen LogP contribution in [-0.4, -0.2) is 40.9 Å². The summed E-state index contributed by atoms with van der Waals surface area (Å²) in [5.74, 6) is 0. The van der Waals surface area contributed by atoms with Crippen molar-refractivity contribution < 1.29 is 0 Å². The van der Waals surface area contributed by atoms with Gasteiger partial charge in [-0.1, -0.05) is 48.6 Å². The Morgan fingerprint density at radius 3 is 2.39 bits per heavy atom. The van der Waals surface area contributed by atoms with E-state index in [0.29, 0.717) is 0 Å². The molecule has 5 nitrogen and oxygen atoms in total. The van der Waals surface area contributed by atoms with E-state index in [9.17, 15) is 0 Å². The lowest BCUT2D eigenvalue weighted by Gasteiger charge is -2.35. The molecule has 0 aliphatic carbocycles. The fraction of sp³-hybridized carbons (Fsp3) is 0.333. The Morgan fingerprint density at radius 1 is 1.00 bits per heavy atom. The molecule has 28 heavy (non-hydrogen) atoms. The highest BCUT2D eigenvalue weighted by atomic mass is 32.1. The standard InChI is InChI=1S/C21H25N5S2/c1-2-17-8-10-18(11-9-17)22-20-23-26(21(27)28-20)16-24-12-14-25(15-13-24)19-6-4-3-5-7-19/h3-11H,2,12-16H2,1H3,(H,22,23). The summed E-state index contributed by atoms with van der Waals surface area (Å²) < 4.78 is 2.74. The highest BCUT2D eigenvalue weighted by Gasteiger charge is 2.18. The minimum atomic E-state index is 0.744. The van der Waals surface area contributed by atoms with Crippen LogP contribution < -0.4 is 10.2 Å². The van der Waals surface area contributed by atoms with Crippen LogP contribution in [-0.2, 0) is 13.1 Å². The van der Waals surface area contributed by atoms with Crippen LogP contribution in [0, 0.1) is 3.95 Å². The van der Waals surface area contributed by atoms with E-state index in [1.807, 2.05) is 4.68 Å². The fourth-order valence-electron chi connectivity index (χ4n) is 3.37. The first-order chi connectivity index (χ1) is 13.7. The Bertz CT molecular complexity index is 941. The number of hydrogen-bond donors (Lipinski definition) is 1. The van der Waals surface area contributed by atoms with Crippen LogP contribution >= 0.6 is 23.6 Å². The second-order valence-corrected chi connectivity index (χ2v) is 8.55. The van der Waals surface area contributed by atoms with Crippen molar-refractivity contribution in [2.45, 2.75) is 20.0 Å². The molecule has 1 N–H and O–H groups in total. The van der Waals surface area contributed by atoms with Gasteiger partial charge in [-0.3, -0.25) is 4.90 Å². The summed E-state index contributed by atoms with van der Waals surface area (Å²) in [5, 5.41) is 8.90. The Hall–Kier alpha value is -2.22. The topological polar surface area (TPSA) is 36.3 Å². The molecule has 1 aliphatic rings. The zero-order valence-electron chi connectivity index (χ0n) is 16.0. The maximum Gasteiger partial charge on any atom is 0.209 e. The number of piperazine rings is 1. The number of para-hydroxylation sites is 1. The average molecular weight is 412 g/mol. The first kappa shape index (κ1) is 19.1. The average Bonchev–Trinajstić information content (AvgIpc) is 3.08. The zero-order chi connectivity index (χ0) is 19.3. The number of benzene rings is 2. The van der Waals surface area contributed by atoms with Gasteiger partial charge in [-0.25, -0.2) is 4.68 Å². The number of nitrogens with zero attached hydrogens (tertiary/aromatic N) is 4. The van der Waals surface area contributed by atoms with Gasteiger partial charge in [-0.15, -0.1) is 5.10 Å². The van der Waals surface area contributed by atoms with Crippen LogP contribution in [0.3, 0.4) is 0 Å². The molecule has 0 amide bonds. The van der Waals surface area contributed by atoms with E-state index in [4.69, 9.17) is 12.2 Å². The van der Waals surface area contributed by atoms with Gasteiger partial charge >= 0.3 is 0 Å². The third-order valence-electron chi connectivity index (χ3n) is 5.05. The molecular formula is C21H25N5S2. The summed E-state index contributed by atoms with van der Waals surface area (Å²) in [4.78, 5) is 4.85. The van der Waals surface area contributed by atoms with Gasteiger partial charge in [0.05, 0.1) is 6.67 Å². The smallest absolute Gasteiger partial charge is 0.209 e. The summed E-state index contributed by atoms with van der Waals surface area (Å²) in [5.41, 5.74) is 3.68. The van der Waals surface area contributed by atoms with Crippen LogP contribution in [0.1, 0.15) is 12.5 Å². The van der Waals surface area contributed by atoms with Gasteiger partial charge in [-0.2, -0.15) is 0 Å². The van der Waals surface area contributed by atoms with E-state index in [2.05, 4.69) is 81.7 Å². The van der Waals surface area contributed by atoms with Crippen LogP contribution in [0.2, 0.25) is 0 Å². The van der Waals surface area contributed by atoms with Gasteiger partial charge in [-0.05, 0) is 48.5 Å². The van der Waals surface area contributed by atoms with E-state index >= 15 is 0 Å². The number of aromatic nitrogens is 2. The van der Waals surface area contributed by atoms with Crippen molar-refractivity contribution in [3.8, 4) is 0 Å². The second kappa shape index (κ2) is 8.86. The van der Waals surface area contributed by atoms with Gasteiger partial charge in [0.25, 0.3) is 0 Å². The molecule has 0 unspecified atom stereocenters. The second-order valence-electron chi connectivity index (χ2n) is 6.93. The number of hydrogen-bond acceptors (Lipinski definition) is 6. The lowest BCUT2D eigenvalue weighted by atomic mass is 10.1. The molecule has 1 fully saturated rings. The number of anilines is 3. The number of nitrogens with one attached hydrogen (secondary N) is 1. The number of aryl methyl sites for hydroxylation is 1. The molecule has 0 radical (unpaired) electrons. The molecule has 3 aromatic rings. The first-order valence-electron chi connectivity index (χ1n) is 9.67. The van der Waals surface area contributed by atoms with E-state index in [1.54, 1.807) is 0 Å². The summed E-state index contributed by atoms with van der Waals surface area (Å²) in [6.07, 6.45) is 1.05. The van der Waals surface area contributed by atoms with E-state index in [-0.39, 0.29) is 0 Å². The van der Waals surface area contributed by atoms with Gasteiger partial charge in [0.1, 0.15) is 0 Å². The summed E-state index contributed by atoms with van der Waals surface area (Å²) in [7, 11) is 0. The minimum Gasteiger partial charge on any atom is -0.369 e. The van der Waals surface area contributed by atoms with Crippen LogP contribution in [0.4, 0.5) is 16.5 Å². The van der Waals surface area contributed by atoms with Gasteiger partial charge in [0, 0.05) is 37.6 Å². The molecule has 0 bridgehead atoms. The predicted octanol–water partition coefficient (Wildman–Crippen LogP) is 4.76. The summed E-state index contributed by atoms with van der Waals surface area (Å²) >= 11 is 7.06. The summed E-state index contributed by atoms with van der Waals surface area (Å²) in [6.45, 7) is 6.97. The Balaban J connectivity index is 1.35. The largest absolute Gasteiger partial charge is 0.369 e. The van der Waals surface area contributed by atoms with Crippen LogP contribution in [0.5, 0.6) is 0 Å². The maximum absolute atomic E-state index is 5.54. The zero-order valence-corrected chi connectivity index (χ0v) is 17.7. The Morgan fingerprint density at radius 2 is 1.71 bits per heavy atom. The maximum atomic E-state index is 5.54. The fourth-order valence-corrected chi connectivity index (χ4v) is 4.38. The minimum absolute atomic E-state index is 0.744. The van der Waals surface area contributed by atoms with Crippen molar-refractivity contribution in [1.82, 2.24) is 14.7 Å². The molecule has 0 saturated carbocycles. The van der Waals surface area contributed by atoms with Gasteiger partial charge in [0.15, 0.2) is 3.95 Å². The lowest BCUT2D eigenvalue weighted by Crippen LogP contribution is -2.46. The SMILES string of the molecule is CCc1ccc(Nc2nn(CN3CCN(c4ccccc4)CC3)c(=S)s2)cc1. The van der Waals surface area contributed by atoms with Crippen molar-refractivity contribution >= 4 is 40.1 Å². The predicted molar refractivity (Wildman–Crippen MR) is 120 cm³/mol. The molecule has 2 heterocycles. The third kappa shape index (κ3) is 4.60. The molecule has 0 atom stereocenters.